The molecular weight excluding hydrogens is 251 g/mol. The Morgan fingerprint density at radius 1 is 1.28 bits per heavy atom. The molecule has 1 aromatic heterocycles. The molecule has 94 valence electrons. The molecule has 5 heteroatoms. The minimum Gasteiger partial charge on any atom is -0.397 e. The summed E-state index contributed by atoms with van der Waals surface area (Å²) < 4.78 is 12.7. The number of carbonyl (C=O) groups is 1. The Bertz CT molecular complexity index is 536. The zero-order chi connectivity index (χ0) is 13.0. The lowest BCUT2D eigenvalue weighted by atomic mass is 10.1. The van der Waals surface area contributed by atoms with Gasteiger partial charge in [-0.05, 0) is 35.6 Å². The largest absolute Gasteiger partial charge is 0.397 e. The van der Waals surface area contributed by atoms with Crippen LogP contribution in [0, 0.1) is 5.82 Å². The summed E-state index contributed by atoms with van der Waals surface area (Å²) in [6.07, 6.45) is 0.664. The monoisotopic (exact) mass is 264 g/mol. The minimum absolute atomic E-state index is 0.162. The second-order valence-electron chi connectivity index (χ2n) is 3.84. The highest BCUT2D eigenvalue weighted by molar-refractivity contribution is 7.12. The zero-order valence-electron chi connectivity index (χ0n) is 9.65. The van der Waals surface area contributed by atoms with Gasteiger partial charge in [0, 0.05) is 6.54 Å². The molecular formula is C13H13FN2OS. The second-order valence-corrected chi connectivity index (χ2v) is 4.75. The number of amides is 1. The molecule has 3 N–H and O–H groups in total. The van der Waals surface area contributed by atoms with Gasteiger partial charge in [-0.2, -0.15) is 0 Å². The second kappa shape index (κ2) is 5.64. The van der Waals surface area contributed by atoms with Gasteiger partial charge in [0.05, 0.1) is 5.69 Å². The summed E-state index contributed by atoms with van der Waals surface area (Å²) in [5, 5.41) is 4.57. The SMILES string of the molecule is Nc1ccsc1C(=O)NCCc1ccc(F)cc1. The van der Waals surface area contributed by atoms with Crippen molar-refractivity contribution in [2.24, 2.45) is 0 Å². The number of rotatable bonds is 4. The van der Waals surface area contributed by atoms with Gasteiger partial charge in [-0.25, -0.2) is 4.39 Å². The number of carbonyl (C=O) groups excluding carboxylic acids is 1. The molecule has 0 saturated heterocycles. The molecule has 2 rings (SSSR count). The van der Waals surface area contributed by atoms with Crippen molar-refractivity contribution < 1.29 is 9.18 Å². The van der Waals surface area contributed by atoms with Crippen molar-refractivity contribution in [3.05, 3.63) is 52.0 Å². The standard InChI is InChI=1S/C13H13FN2OS/c14-10-3-1-9(2-4-10)5-7-16-13(17)12-11(15)6-8-18-12/h1-4,6,8H,5,7,15H2,(H,16,17). The van der Waals surface area contributed by atoms with Gasteiger partial charge in [0.1, 0.15) is 10.7 Å². The van der Waals surface area contributed by atoms with Crippen LogP contribution in [0.2, 0.25) is 0 Å². The maximum atomic E-state index is 12.7. The van der Waals surface area contributed by atoms with Crippen LogP contribution in [0.15, 0.2) is 35.7 Å². The van der Waals surface area contributed by atoms with E-state index in [0.29, 0.717) is 23.5 Å². The summed E-state index contributed by atoms with van der Waals surface area (Å²) in [5.41, 5.74) is 7.13. The van der Waals surface area contributed by atoms with Crippen molar-refractivity contribution in [1.82, 2.24) is 5.32 Å². The van der Waals surface area contributed by atoms with E-state index in [2.05, 4.69) is 5.32 Å². The number of hydrogen-bond acceptors (Lipinski definition) is 3. The van der Waals surface area contributed by atoms with Crippen molar-refractivity contribution in [3.8, 4) is 0 Å². The number of nitrogens with two attached hydrogens (primary N) is 1. The fraction of sp³-hybridized carbons (Fsp3) is 0.154. The lowest BCUT2D eigenvalue weighted by Gasteiger charge is -2.04. The van der Waals surface area contributed by atoms with Gasteiger partial charge in [-0.3, -0.25) is 4.79 Å². The van der Waals surface area contributed by atoms with Crippen LogP contribution in [0.1, 0.15) is 15.2 Å². The molecule has 0 radical (unpaired) electrons. The molecule has 0 fully saturated rings. The molecule has 0 bridgehead atoms. The molecule has 2 aromatic rings. The summed E-state index contributed by atoms with van der Waals surface area (Å²) >= 11 is 1.32. The van der Waals surface area contributed by atoms with Gasteiger partial charge < -0.3 is 11.1 Å². The smallest absolute Gasteiger partial charge is 0.263 e. The summed E-state index contributed by atoms with van der Waals surface area (Å²) in [6, 6.07) is 7.95. The van der Waals surface area contributed by atoms with Gasteiger partial charge in [0.25, 0.3) is 5.91 Å². The third-order valence-electron chi connectivity index (χ3n) is 2.51. The van der Waals surface area contributed by atoms with E-state index in [1.54, 1.807) is 23.6 Å². The number of hydrogen-bond donors (Lipinski definition) is 2. The van der Waals surface area contributed by atoms with E-state index in [1.165, 1.54) is 23.5 Å². The molecule has 1 amide bonds. The summed E-state index contributed by atoms with van der Waals surface area (Å²) in [5.74, 6) is -0.418. The van der Waals surface area contributed by atoms with E-state index in [1.807, 2.05) is 0 Å². The van der Waals surface area contributed by atoms with Crippen molar-refractivity contribution >= 4 is 22.9 Å². The molecule has 18 heavy (non-hydrogen) atoms. The lowest BCUT2D eigenvalue weighted by molar-refractivity contribution is 0.0959. The molecule has 0 spiro atoms. The molecule has 0 atom stereocenters. The van der Waals surface area contributed by atoms with Crippen LogP contribution in [0.5, 0.6) is 0 Å². The Kier molecular flexibility index (Phi) is 3.94. The molecule has 0 saturated carbocycles. The van der Waals surface area contributed by atoms with E-state index in [4.69, 9.17) is 5.73 Å². The zero-order valence-corrected chi connectivity index (χ0v) is 10.5. The molecule has 3 nitrogen and oxygen atoms in total. The Morgan fingerprint density at radius 3 is 2.61 bits per heavy atom. The number of anilines is 1. The first kappa shape index (κ1) is 12.6. The van der Waals surface area contributed by atoms with E-state index in [0.717, 1.165) is 5.56 Å². The molecule has 1 aromatic carbocycles. The quantitative estimate of drug-likeness (QED) is 0.891. The van der Waals surface area contributed by atoms with Crippen molar-refractivity contribution in [2.75, 3.05) is 12.3 Å². The van der Waals surface area contributed by atoms with E-state index in [9.17, 15) is 9.18 Å². The maximum absolute atomic E-state index is 12.7. The predicted molar refractivity (Wildman–Crippen MR) is 71.2 cm³/mol. The first-order valence-electron chi connectivity index (χ1n) is 5.52. The van der Waals surface area contributed by atoms with Gasteiger partial charge in [-0.15, -0.1) is 11.3 Å². The fourth-order valence-corrected chi connectivity index (χ4v) is 2.29. The van der Waals surface area contributed by atoms with Crippen LogP contribution in [0.25, 0.3) is 0 Å². The Labute approximate surface area is 108 Å². The molecule has 0 aliphatic carbocycles. The van der Waals surface area contributed by atoms with Crippen LogP contribution in [-0.4, -0.2) is 12.5 Å². The van der Waals surface area contributed by atoms with Crippen molar-refractivity contribution in [2.45, 2.75) is 6.42 Å². The predicted octanol–water partition coefficient (Wildman–Crippen LogP) is 2.44. The molecule has 0 aliphatic heterocycles. The van der Waals surface area contributed by atoms with Gasteiger partial charge >= 0.3 is 0 Å². The highest BCUT2D eigenvalue weighted by Crippen LogP contribution is 2.18. The molecule has 1 heterocycles. The number of nitrogen functional groups attached to an aromatic ring is 1. The van der Waals surface area contributed by atoms with E-state index < -0.39 is 0 Å². The first-order valence-corrected chi connectivity index (χ1v) is 6.40. The normalized spacial score (nSPS) is 10.3. The molecule has 0 aliphatic rings. The number of thiophene rings is 1. The first-order chi connectivity index (χ1) is 8.66. The van der Waals surface area contributed by atoms with Crippen LogP contribution in [0.4, 0.5) is 10.1 Å². The third kappa shape index (κ3) is 3.07. The van der Waals surface area contributed by atoms with E-state index >= 15 is 0 Å². The van der Waals surface area contributed by atoms with Gasteiger partial charge in [0.2, 0.25) is 0 Å². The highest BCUT2D eigenvalue weighted by Gasteiger charge is 2.09. The highest BCUT2D eigenvalue weighted by atomic mass is 32.1. The van der Waals surface area contributed by atoms with Gasteiger partial charge in [-0.1, -0.05) is 12.1 Å². The average molecular weight is 264 g/mol. The van der Waals surface area contributed by atoms with Crippen LogP contribution < -0.4 is 11.1 Å². The summed E-state index contributed by atoms with van der Waals surface area (Å²) in [4.78, 5) is 12.3. The minimum atomic E-state index is -0.255. The Balaban J connectivity index is 1.84. The average Bonchev–Trinajstić information content (AvgIpc) is 2.78. The van der Waals surface area contributed by atoms with E-state index in [-0.39, 0.29) is 11.7 Å². The lowest BCUT2D eigenvalue weighted by Crippen LogP contribution is -2.25. The summed E-state index contributed by atoms with van der Waals surface area (Å²) in [6.45, 7) is 0.502. The molecule has 0 unspecified atom stereocenters. The topological polar surface area (TPSA) is 55.1 Å². The maximum Gasteiger partial charge on any atom is 0.263 e. The fourth-order valence-electron chi connectivity index (χ4n) is 1.56. The Hall–Kier alpha value is -1.88. The van der Waals surface area contributed by atoms with Gasteiger partial charge in [0.15, 0.2) is 0 Å². The summed E-state index contributed by atoms with van der Waals surface area (Å²) in [7, 11) is 0. The number of benzene rings is 1. The third-order valence-corrected chi connectivity index (χ3v) is 3.44. The van der Waals surface area contributed by atoms with Crippen molar-refractivity contribution in [3.63, 3.8) is 0 Å². The Morgan fingerprint density at radius 2 is 2.00 bits per heavy atom. The van der Waals surface area contributed by atoms with Crippen LogP contribution >= 0.6 is 11.3 Å². The van der Waals surface area contributed by atoms with Crippen LogP contribution in [0.3, 0.4) is 0 Å². The van der Waals surface area contributed by atoms with Crippen molar-refractivity contribution in [1.29, 1.82) is 0 Å². The number of halogens is 1. The number of nitrogens with one attached hydrogen (secondary N) is 1. The van der Waals surface area contributed by atoms with Crippen LogP contribution in [-0.2, 0) is 6.42 Å².